The zero-order valence-corrected chi connectivity index (χ0v) is 15.2. The van der Waals surface area contributed by atoms with Gasteiger partial charge in [0.05, 0.1) is 12.5 Å². The van der Waals surface area contributed by atoms with Gasteiger partial charge in [0.2, 0.25) is 11.8 Å². The monoisotopic (exact) mass is 373 g/mol. The number of aryl methyl sites for hydroxylation is 1. The Hall–Kier alpha value is -2.61. The summed E-state index contributed by atoms with van der Waals surface area (Å²) in [7, 11) is 0. The first-order chi connectivity index (χ1) is 12.6. The van der Waals surface area contributed by atoms with Gasteiger partial charge in [-0.05, 0) is 19.1 Å². The summed E-state index contributed by atoms with van der Waals surface area (Å²) in [5, 5.41) is 5.70. The van der Waals surface area contributed by atoms with Crippen molar-refractivity contribution in [3.63, 3.8) is 0 Å². The molecular weight excluding hydrogens is 354 g/mol. The van der Waals surface area contributed by atoms with Crippen LogP contribution in [0.2, 0.25) is 0 Å². The molecule has 1 atom stereocenters. The molecule has 0 radical (unpaired) electrons. The van der Waals surface area contributed by atoms with Crippen LogP contribution in [-0.4, -0.2) is 36.6 Å². The van der Waals surface area contributed by atoms with Crippen LogP contribution in [0.15, 0.2) is 23.6 Å². The number of nitrogens with one attached hydrogen (secondary N) is 1. The number of hydrogen-bond acceptors (Lipinski definition) is 6. The molecule has 1 aromatic carbocycles. The molecule has 0 bridgehead atoms. The minimum Gasteiger partial charge on any atom is -0.486 e. The van der Waals surface area contributed by atoms with E-state index in [1.165, 1.54) is 11.3 Å². The van der Waals surface area contributed by atoms with Gasteiger partial charge in [-0.15, -0.1) is 11.3 Å². The molecule has 0 saturated carbocycles. The number of hydrogen-bond donors (Lipinski definition) is 1. The summed E-state index contributed by atoms with van der Waals surface area (Å²) in [6.45, 7) is 3.69. The predicted molar refractivity (Wildman–Crippen MR) is 96.6 cm³/mol. The third-order valence-corrected chi connectivity index (χ3v) is 5.38. The van der Waals surface area contributed by atoms with Crippen LogP contribution < -0.4 is 19.7 Å². The van der Waals surface area contributed by atoms with Crippen molar-refractivity contribution in [1.29, 1.82) is 0 Å². The Bertz CT molecular complexity index is 851. The van der Waals surface area contributed by atoms with Gasteiger partial charge in [0.25, 0.3) is 0 Å². The van der Waals surface area contributed by atoms with Gasteiger partial charge in [0, 0.05) is 35.8 Å². The summed E-state index contributed by atoms with van der Waals surface area (Å²) in [5.41, 5.74) is 1.67. The van der Waals surface area contributed by atoms with Gasteiger partial charge in [0.15, 0.2) is 11.5 Å². The van der Waals surface area contributed by atoms with Gasteiger partial charge >= 0.3 is 0 Å². The zero-order chi connectivity index (χ0) is 18.1. The lowest BCUT2D eigenvalue weighted by Crippen LogP contribution is -2.32. The number of carbonyl (C=O) groups excluding carboxylic acids is 2. The number of anilines is 1. The van der Waals surface area contributed by atoms with Gasteiger partial charge in [-0.1, -0.05) is 0 Å². The molecule has 1 fully saturated rings. The van der Waals surface area contributed by atoms with Crippen LogP contribution in [0.5, 0.6) is 11.5 Å². The van der Waals surface area contributed by atoms with Crippen LogP contribution in [-0.2, 0) is 16.1 Å². The summed E-state index contributed by atoms with van der Waals surface area (Å²) in [6, 6.07) is 5.42. The van der Waals surface area contributed by atoms with Crippen molar-refractivity contribution in [3.8, 4) is 11.5 Å². The average Bonchev–Trinajstić information content (AvgIpc) is 3.25. The number of ether oxygens (including phenoxy) is 2. The molecule has 136 valence electrons. The SMILES string of the molecule is Cc1csc(CNC(=O)[C@H]2CC(=O)N(c3ccc4c(c3)OCCO4)C2)n1. The van der Waals surface area contributed by atoms with Crippen molar-refractivity contribution in [1.82, 2.24) is 10.3 Å². The normalized spacial score (nSPS) is 18.9. The summed E-state index contributed by atoms with van der Waals surface area (Å²) < 4.78 is 11.1. The van der Waals surface area contributed by atoms with E-state index in [1.54, 1.807) is 17.0 Å². The van der Waals surface area contributed by atoms with Crippen molar-refractivity contribution in [2.24, 2.45) is 5.92 Å². The quantitative estimate of drug-likeness (QED) is 0.885. The minimum atomic E-state index is -0.364. The van der Waals surface area contributed by atoms with Crippen LogP contribution in [0, 0.1) is 12.8 Å². The fourth-order valence-corrected chi connectivity index (χ4v) is 3.84. The van der Waals surface area contributed by atoms with Gasteiger partial charge < -0.3 is 19.7 Å². The van der Waals surface area contributed by atoms with E-state index in [-0.39, 0.29) is 24.2 Å². The van der Waals surface area contributed by atoms with Gasteiger partial charge in [0.1, 0.15) is 18.2 Å². The lowest BCUT2D eigenvalue weighted by atomic mass is 10.1. The molecule has 0 unspecified atom stereocenters. The largest absolute Gasteiger partial charge is 0.486 e. The van der Waals surface area contributed by atoms with Crippen LogP contribution in [0.1, 0.15) is 17.1 Å². The number of thiazole rings is 1. The van der Waals surface area contributed by atoms with Crippen LogP contribution >= 0.6 is 11.3 Å². The van der Waals surface area contributed by atoms with Gasteiger partial charge in [-0.2, -0.15) is 0 Å². The second-order valence-electron chi connectivity index (χ2n) is 6.33. The number of amides is 2. The van der Waals surface area contributed by atoms with E-state index in [9.17, 15) is 9.59 Å². The van der Waals surface area contributed by atoms with Crippen molar-refractivity contribution in [2.45, 2.75) is 19.9 Å². The number of aromatic nitrogens is 1. The molecule has 1 saturated heterocycles. The van der Waals surface area contributed by atoms with Crippen LogP contribution in [0.4, 0.5) is 5.69 Å². The summed E-state index contributed by atoms with van der Waals surface area (Å²) in [5.74, 6) is 0.767. The van der Waals surface area contributed by atoms with E-state index in [0.29, 0.717) is 37.8 Å². The predicted octanol–water partition coefficient (Wildman–Crippen LogP) is 1.89. The summed E-state index contributed by atoms with van der Waals surface area (Å²) >= 11 is 1.52. The molecule has 2 aliphatic rings. The molecule has 2 aromatic rings. The fraction of sp³-hybridized carbons (Fsp3) is 0.389. The maximum atomic E-state index is 12.4. The van der Waals surface area contributed by atoms with Crippen molar-refractivity contribution in [2.75, 3.05) is 24.7 Å². The molecule has 1 aromatic heterocycles. The highest BCUT2D eigenvalue weighted by atomic mass is 32.1. The Labute approximate surface area is 154 Å². The molecule has 8 heteroatoms. The summed E-state index contributed by atoms with van der Waals surface area (Å²) in [6.07, 6.45) is 0.206. The molecule has 2 amide bonds. The second kappa shape index (κ2) is 6.95. The van der Waals surface area contributed by atoms with E-state index in [1.807, 2.05) is 18.4 Å². The molecule has 0 aliphatic carbocycles. The average molecular weight is 373 g/mol. The molecule has 7 nitrogen and oxygen atoms in total. The maximum Gasteiger partial charge on any atom is 0.227 e. The standard InChI is InChI=1S/C18H19N3O4S/c1-11-10-26-16(20-11)8-19-18(23)12-6-17(22)21(9-12)13-2-3-14-15(7-13)25-5-4-24-14/h2-3,7,10,12H,4-6,8-9H2,1H3,(H,19,23)/t12-/m0/s1. The zero-order valence-electron chi connectivity index (χ0n) is 14.4. The smallest absolute Gasteiger partial charge is 0.227 e. The number of benzene rings is 1. The van der Waals surface area contributed by atoms with Gasteiger partial charge in [-0.25, -0.2) is 4.98 Å². The third kappa shape index (κ3) is 3.37. The highest BCUT2D eigenvalue weighted by Gasteiger charge is 2.35. The molecule has 26 heavy (non-hydrogen) atoms. The van der Waals surface area contributed by atoms with Crippen LogP contribution in [0.25, 0.3) is 0 Å². The lowest BCUT2D eigenvalue weighted by molar-refractivity contribution is -0.126. The molecule has 0 spiro atoms. The highest BCUT2D eigenvalue weighted by molar-refractivity contribution is 7.09. The second-order valence-corrected chi connectivity index (χ2v) is 7.28. The number of fused-ring (bicyclic) bond motifs is 1. The van der Waals surface area contributed by atoms with E-state index in [4.69, 9.17) is 9.47 Å². The van der Waals surface area contributed by atoms with Crippen molar-refractivity contribution < 1.29 is 19.1 Å². The fourth-order valence-electron chi connectivity index (χ4n) is 3.12. The first kappa shape index (κ1) is 16.8. The Balaban J connectivity index is 1.41. The first-order valence-electron chi connectivity index (χ1n) is 8.49. The Morgan fingerprint density at radius 3 is 2.92 bits per heavy atom. The van der Waals surface area contributed by atoms with Crippen molar-refractivity contribution >= 4 is 28.8 Å². The topological polar surface area (TPSA) is 80.8 Å². The Kier molecular flexibility index (Phi) is 4.50. The molecule has 1 N–H and O–H groups in total. The minimum absolute atomic E-state index is 0.0630. The molecule has 3 heterocycles. The Morgan fingerprint density at radius 2 is 2.15 bits per heavy atom. The number of carbonyl (C=O) groups is 2. The van der Waals surface area contributed by atoms with Gasteiger partial charge in [-0.3, -0.25) is 9.59 Å². The van der Waals surface area contributed by atoms with E-state index < -0.39 is 0 Å². The maximum absolute atomic E-state index is 12.4. The van der Waals surface area contributed by atoms with E-state index in [2.05, 4.69) is 10.3 Å². The first-order valence-corrected chi connectivity index (χ1v) is 9.37. The third-order valence-electron chi connectivity index (χ3n) is 4.41. The van der Waals surface area contributed by atoms with E-state index >= 15 is 0 Å². The number of rotatable bonds is 4. The Morgan fingerprint density at radius 1 is 1.35 bits per heavy atom. The molecular formula is C18H19N3O4S. The van der Waals surface area contributed by atoms with E-state index in [0.717, 1.165) is 16.4 Å². The summed E-state index contributed by atoms with van der Waals surface area (Å²) in [4.78, 5) is 30.8. The van der Waals surface area contributed by atoms with Crippen molar-refractivity contribution in [3.05, 3.63) is 34.3 Å². The molecule has 2 aliphatic heterocycles. The lowest BCUT2D eigenvalue weighted by Gasteiger charge is -2.22. The number of nitrogens with zero attached hydrogens (tertiary/aromatic N) is 2. The highest BCUT2D eigenvalue weighted by Crippen LogP contribution is 2.36. The molecule has 4 rings (SSSR count). The van der Waals surface area contributed by atoms with Crippen LogP contribution in [0.3, 0.4) is 0 Å².